The molecule has 0 aromatic rings. The number of ketones is 2. The number of carbonyl (C=O) groups is 3. The lowest BCUT2D eigenvalue weighted by Crippen LogP contribution is -2.54. The standard InChI is InChI=1S/C20H24O4/c1-19-8-7-12(21)9-11(19)3-4-13-14-5-6-15(18(23)24)20(14,2)17(22)10-16(13)19/h3-4,9,13-16H,5-8,10H2,1-2H3,(H,23,24)/t13-,14-,15+,16-,19-,20-/m0/s1. The van der Waals surface area contributed by atoms with Gasteiger partial charge >= 0.3 is 5.97 Å². The molecule has 24 heavy (non-hydrogen) atoms. The lowest BCUT2D eigenvalue weighted by atomic mass is 9.48. The second-order valence-electron chi connectivity index (χ2n) is 8.51. The second kappa shape index (κ2) is 4.90. The minimum Gasteiger partial charge on any atom is -0.481 e. The van der Waals surface area contributed by atoms with E-state index in [1.54, 1.807) is 6.08 Å². The van der Waals surface area contributed by atoms with E-state index in [4.69, 9.17) is 0 Å². The van der Waals surface area contributed by atoms with Gasteiger partial charge in [0.25, 0.3) is 0 Å². The molecule has 0 unspecified atom stereocenters. The van der Waals surface area contributed by atoms with Gasteiger partial charge in [-0.1, -0.05) is 26.0 Å². The van der Waals surface area contributed by atoms with Gasteiger partial charge in [-0.15, -0.1) is 0 Å². The molecule has 4 nitrogen and oxygen atoms in total. The van der Waals surface area contributed by atoms with Crippen molar-refractivity contribution in [3.63, 3.8) is 0 Å². The van der Waals surface area contributed by atoms with Gasteiger partial charge in [-0.3, -0.25) is 14.4 Å². The van der Waals surface area contributed by atoms with E-state index in [2.05, 4.69) is 19.1 Å². The number of carboxylic acid groups (broad SMARTS) is 1. The summed E-state index contributed by atoms with van der Waals surface area (Å²) >= 11 is 0. The third kappa shape index (κ3) is 1.83. The molecule has 2 fully saturated rings. The Labute approximate surface area is 142 Å². The zero-order chi connectivity index (χ0) is 17.3. The number of carboxylic acids is 1. The number of aliphatic carboxylic acids is 1. The van der Waals surface area contributed by atoms with Crippen molar-refractivity contribution in [3.8, 4) is 0 Å². The van der Waals surface area contributed by atoms with Gasteiger partial charge in [0.15, 0.2) is 5.78 Å². The van der Waals surface area contributed by atoms with Crippen molar-refractivity contribution in [3.05, 3.63) is 23.8 Å². The molecule has 0 aliphatic heterocycles. The van der Waals surface area contributed by atoms with Crippen LogP contribution in [0.3, 0.4) is 0 Å². The number of fused-ring (bicyclic) bond motifs is 5. The van der Waals surface area contributed by atoms with E-state index in [1.165, 1.54) is 0 Å². The molecule has 0 aromatic heterocycles. The predicted molar refractivity (Wildman–Crippen MR) is 88.1 cm³/mol. The van der Waals surface area contributed by atoms with E-state index in [0.29, 0.717) is 19.3 Å². The summed E-state index contributed by atoms with van der Waals surface area (Å²) in [6.45, 7) is 4.07. The van der Waals surface area contributed by atoms with Crippen molar-refractivity contribution >= 4 is 17.5 Å². The Kier molecular flexibility index (Phi) is 3.23. The van der Waals surface area contributed by atoms with Gasteiger partial charge in [0.2, 0.25) is 0 Å². The molecule has 0 heterocycles. The van der Waals surface area contributed by atoms with Crippen LogP contribution in [0.4, 0.5) is 0 Å². The molecule has 0 saturated heterocycles. The van der Waals surface area contributed by atoms with Crippen LogP contribution in [-0.4, -0.2) is 22.6 Å². The van der Waals surface area contributed by atoms with Crippen molar-refractivity contribution in [2.24, 2.45) is 34.5 Å². The maximum Gasteiger partial charge on any atom is 0.307 e. The van der Waals surface area contributed by atoms with E-state index >= 15 is 0 Å². The Morgan fingerprint density at radius 1 is 1.21 bits per heavy atom. The Morgan fingerprint density at radius 2 is 1.96 bits per heavy atom. The summed E-state index contributed by atoms with van der Waals surface area (Å²) in [7, 11) is 0. The first-order chi connectivity index (χ1) is 11.3. The molecule has 0 amide bonds. The van der Waals surface area contributed by atoms with E-state index in [1.807, 2.05) is 6.92 Å². The van der Waals surface area contributed by atoms with E-state index < -0.39 is 17.3 Å². The zero-order valence-corrected chi connectivity index (χ0v) is 14.2. The highest BCUT2D eigenvalue weighted by molar-refractivity contribution is 5.93. The van der Waals surface area contributed by atoms with Crippen LogP contribution in [0, 0.1) is 34.5 Å². The summed E-state index contributed by atoms with van der Waals surface area (Å²) in [5.74, 6) is -0.552. The molecule has 4 aliphatic carbocycles. The van der Waals surface area contributed by atoms with Crippen molar-refractivity contribution in [1.29, 1.82) is 0 Å². The third-order valence-electron chi connectivity index (χ3n) is 7.68. The Bertz CT molecular complexity index is 702. The number of Topliss-reactive ketones (excluding diaryl/α,β-unsaturated/α-hetero) is 1. The summed E-state index contributed by atoms with van der Waals surface area (Å²) in [6.07, 6.45) is 9.17. The minimum absolute atomic E-state index is 0.108. The zero-order valence-electron chi connectivity index (χ0n) is 14.2. The summed E-state index contributed by atoms with van der Waals surface area (Å²) < 4.78 is 0. The molecule has 0 radical (unpaired) electrons. The quantitative estimate of drug-likeness (QED) is 0.802. The van der Waals surface area contributed by atoms with Gasteiger partial charge < -0.3 is 5.11 Å². The molecule has 0 aromatic carbocycles. The fourth-order valence-electron chi connectivity index (χ4n) is 6.12. The molecule has 0 bridgehead atoms. The van der Waals surface area contributed by atoms with Crippen LogP contribution < -0.4 is 0 Å². The smallest absolute Gasteiger partial charge is 0.307 e. The molecule has 0 spiro atoms. The molecule has 4 heteroatoms. The van der Waals surface area contributed by atoms with E-state index in [-0.39, 0.29) is 34.7 Å². The number of rotatable bonds is 1. The van der Waals surface area contributed by atoms with Crippen LogP contribution in [0.25, 0.3) is 0 Å². The highest BCUT2D eigenvalue weighted by atomic mass is 16.4. The van der Waals surface area contributed by atoms with Gasteiger partial charge in [-0.05, 0) is 54.1 Å². The van der Waals surface area contributed by atoms with Gasteiger partial charge in [-0.2, -0.15) is 0 Å². The minimum atomic E-state index is -0.832. The van der Waals surface area contributed by atoms with Gasteiger partial charge in [0.1, 0.15) is 5.78 Å². The number of carbonyl (C=O) groups excluding carboxylic acids is 2. The molecular weight excluding hydrogens is 304 g/mol. The van der Waals surface area contributed by atoms with Crippen LogP contribution >= 0.6 is 0 Å². The van der Waals surface area contributed by atoms with Crippen LogP contribution in [0.1, 0.15) is 46.0 Å². The molecule has 2 saturated carbocycles. The normalized spacial score (nSPS) is 46.8. The Hall–Kier alpha value is -1.71. The Balaban J connectivity index is 1.78. The van der Waals surface area contributed by atoms with Crippen molar-refractivity contribution < 1.29 is 19.5 Å². The average molecular weight is 328 g/mol. The molecule has 6 atom stereocenters. The highest BCUT2D eigenvalue weighted by Gasteiger charge is 2.63. The first-order valence-electron chi connectivity index (χ1n) is 8.98. The van der Waals surface area contributed by atoms with Crippen LogP contribution in [-0.2, 0) is 14.4 Å². The maximum absolute atomic E-state index is 13.1. The second-order valence-corrected chi connectivity index (χ2v) is 8.51. The van der Waals surface area contributed by atoms with Crippen LogP contribution in [0.5, 0.6) is 0 Å². The first kappa shape index (κ1) is 15.8. The fourth-order valence-corrected chi connectivity index (χ4v) is 6.12. The van der Waals surface area contributed by atoms with Crippen LogP contribution in [0.15, 0.2) is 23.8 Å². The van der Waals surface area contributed by atoms with Gasteiger partial charge in [0, 0.05) is 18.3 Å². The van der Waals surface area contributed by atoms with Gasteiger partial charge in [0.05, 0.1) is 5.92 Å². The van der Waals surface area contributed by atoms with Crippen molar-refractivity contribution in [2.45, 2.75) is 46.0 Å². The summed E-state index contributed by atoms with van der Waals surface area (Å²) in [6, 6.07) is 0. The maximum atomic E-state index is 13.1. The van der Waals surface area contributed by atoms with Gasteiger partial charge in [-0.25, -0.2) is 0 Å². The van der Waals surface area contributed by atoms with Crippen molar-refractivity contribution in [1.82, 2.24) is 0 Å². The lowest BCUT2D eigenvalue weighted by Gasteiger charge is -2.54. The predicted octanol–water partition coefficient (Wildman–Crippen LogP) is 3.17. The molecule has 4 rings (SSSR count). The largest absolute Gasteiger partial charge is 0.481 e. The summed E-state index contributed by atoms with van der Waals surface area (Å²) in [5.41, 5.74) is 0.189. The molecule has 128 valence electrons. The summed E-state index contributed by atoms with van der Waals surface area (Å²) in [5, 5.41) is 9.58. The van der Waals surface area contributed by atoms with E-state index in [9.17, 15) is 19.5 Å². The highest BCUT2D eigenvalue weighted by Crippen LogP contribution is 2.63. The lowest BCUT2D eigenvalue weighted by molar-refractivity contribution is -0.157. The monoisotopic (exact) mass is 328 g/mol. The topological polar surface area (TPSA) is 71.4 Å². The first-order valence-corrected chi connectivity index (χ1v) is 8.98. The molecule has 1 N–H and O–H groups in total. The van der Waals surface area contributed by atoms with Crippen molar-refractivity contribution in [2.75, 3.05) is 0 Å². The van der Waals surface area contributed by atoms with Crippen LogP contribution in [0.2, 0.25) is 0 Å². The summed E-state index contributed by atoms with van der Waals surface area (Å²) in [4.78, 5) is 36.5. The molecular formula is C20H24O4. The third-order valence-corrected chi connectivity index (χ3v) is 7.68. The van der Waals surface area contributed by atoms with E-state index in [0.717, 1.165) is 18.4 Å². The number of hydrogen-bond acceptors (Lipinski definition) is 3. The SMILES string of the molecule is C[C@]12C(=O)C[C@H]3[C@@H](C=CC4=CC(=O)CC[C@@]43C)[C@@H]1CC[C@@H]2C(=O)O. The fraction of sp³-hybridized carbons (Fsp3) is 0.650. The Morgan fingerprint density at radius 3 is 2.67 bits per heavy atom. The number of hydrogen-bond donors (Lipinski definition) is 1. The number of allylic oxidation sites excluding steroid dienone is 4. The molecule has 4 aliphatic rings. The average Bonchev–Trinajstić information content (AvgIpc) is 2.88.